The molecule has 0 saturated carbocycles. The summed E-state index contributed by atoms with van der Waals surface area (Å²) in [5.74, 6) is -5.30. The van der Waals surface area contributed by atoms with E-state index in [-0.39, 0.29) is 25.7 Å². The minimum atomic E-state index is -1.37. The normalized spacial score (nSPS) is 17.4. The van der Waals surface area contributed by atoms with Crippen LogP contribution in [0.4, 0.5) is 0 Å². The number of aliphatic carboxylic acids is 2. The van der Waals surface area contributed by atoms with Gasteiger partial charge in [-0.2, -0.15) is 0 Å². The molecule has 30 heavy (non-hydrogen) atoms. The summed E-state index contributed by atoms with van der Waals surface area (Å²) in [5, 5.41) is 27.7. The van der Waals surface area contributed by atoms with Gasteiger partial charge >= 0.3 is 11.9 Å². The van der Waals surface area contributed by atoms with Crippen LogP contribution in [0, 0.1) is 0 Å². The van der Waals surface area contributed by atoms with Gasteiger partial charge in [0.2, 0.25) is 23.6 Å². The highest BCUT2D eigenvalue weighted by Crippen LogP contribution is 2.06. The fourth-order valence-corrected chi connectivity index (χ4v) is 2.80. The van der Waals surface area contributed by atoms with E-state index in [4.69, 9.17) is 15.9 Å². The SMILES string of the molecule is NC(=O)CCC(NC(=O)CNC(=O)C(CCC(=O)O)NC(=O)C1CCCN1)C(=O)O. The lowest BCUT2D eigenvalue weighted by Crippen LogP contribution is -2.53. The molecular formula is C17H27N5O8. The molecule has 0 radical (unpaired) electrons. The maximum absolute atomic E-state index is 12.3. The van der Waals surface area contributed by atoms with Crippen LogP contribution in [0.1, 0.15) is 38.5 Å². The second-order valence-corrected chi connectivity index (χ2v) is 6.82. The van der Waals surface area contributed by atoms with Gasteiger partial charge in [0.05, 0.1) is 12.6 Å². The first-order valence-corrected chi connectivity index (χ1v) is 9.44. The molecule has 1 aliphatic rings. The van der Waals surface area contributed by atoms with Crippen LogP contribution >= 0.6 is 0 Å². The lowest BCUT2D eigenvalue weighted by Gasteiger charge is -2.20. The Morgan fingerprint density at radius 3 is 2.20 bits per heavy atom. The molecule has 13 heteroatoms. The number of hydrogen-bond acceptors (Lipinski definition) is 7. The number of carbonyl (C=O) groups is 6. The molecule has 0 aromatic carbocycles. The summed E-state index contributed by atoms with van der Waals surface area (Å²) >= 11 is 0. The largest absolute Gasteiger partial charge is 0.481 e. The van der Waals surface area contributed by atoms with E-state index in [9.17, 15) is 28.8 Å². The van der Waals surface area contributed by atoms with E-state index in [1.165, 1.54) is 0 Å². The number of amides is 4. The third-order valence-corrected chi connectivity index (χ3v) is 4.39. The van der Waals surface area contributed by atoms with Crippen molar-refractivity contribution in [1.29, 1.82) is 0 Å². The summed E-state index contributed by atoms with van der Waals surface area (Å²) in [6.07, 6.45) is 0.362. The molecule has 1 rings (SSSR count). The molecule has 8 N–H and O–H groups in total. The molecule has 3 atom stereocenters. The number of carboxylic acids is 2. The summed E-state index contributed by atoms with van der Waals surface area (Å²) in [4.78, 5) is 69.2. The summed E-state index contributed by atoms with van der Waals surface area (Å²) in [6.45, 7) is 0.0606. The highest BCUT2D eigenvalue weighted by Gasteiger charge is 2.28. The predicted molar refractivity (Wildman–Crippen MR) is 101 cm³/mol. The number of rotatable bonds is 13. The van der Waals surface area contributed by atoms with Gasteiger partial charge in [0, 0.05) is 12.8 Å². The van der Waals surface area contributed by atoms with E-state index in [0.717, 1.165) is 6.42 Å². The molecule has 1 fully saturated rings. The van der Waals surface area contributed by atoms with E-state index in [2.05, 4.69) is 21.3 Å². The lowest BCUT2D eigenvalue weighted by atomic mass is 10.1. The molecule has 1 aliphatic heterocycles. The van der Waals surface area contributed by atoms with E-state index in [0.29, 0.717) is 13.0 Å². The molecule has 3 unspecified atom stereocenters. The Hall–Kier alpha value is -3.22. The molecule has 4 amide bonds. The van der Waals surface area contributed by atoms with E-state index in [1.807, 2.05) is 0 Å². The second kappa shape index (κ2) is 12.4. The summed E-state index contributed by atoms with van der Waals surface area (Å²) < 4.78 is 0. The van der Waals surface area contributed by atoms with E-state index in [1.54, 1.807) is 0 Å². The summed E-state index contributed by atoms with van der Waals surface area (Å²) in [6, 6.07) is -3.01. The van der Waals surface area contributed by atoms with Crippen molar-refractivity contribution in [2.24, 2.45) is 5.73 Å². The molecule has 0 spiro atoms. The first-order valence-electron chi connectivity index (χ1n) is 9.44. The zero-order chi connectivity index (χ0) is 22.7. The Kier molecular flexibility index (Phi) is 10.2. The zero-order valence-electron chi connectivity index (χ0n) is 16.3. The smallest absolute Gasteiger partial charge is 0.326 e. The number of primary amides is 1. The van der Waals surface area contributed by atoms with Crippen LogP contribution in [0.15, 0.2) is 0 Å². The maximum Gasteiger partial charge on any atom is 0.326 e. The van der Waals surface area contributed by atoms with Crippen LogP contribution in [0.2, 0.25) is 0 Å². The van der Waals surface area contributed by atoms with Gasteiger partial charge in [0.25, 0.3) is 0 Å². The Balaban J connectivity index is 2.60. The van der Waals surface area contributed by atoms with Crippen molar-refractivity contribution in [2.45, 2.75) is 56.7 Å². The van der Waals surface area contributed by atoms with Crippen LogP contribution in [0.25, 0.3) is 0 Å². The number of carboxylic acid groups (broad SMARTS) is 2. The Morgan fingerprint density at radius 2 is 1.67 bits per heavy atom. The monoisotopic (exact) mass is 429 g/mol. The van der Waals surface area contributed by atoms with Crippen molar-refractivity contribution >= 4 is 35.6 Å². The molecule has 0 bridgehead atoms. The minimum absolute atomic E-state index is 0.183. The molecule has 0 aromatic rings. The molecule has 1 heterocycles. The zero-order valence-corrected chi connectivity index (χ0v) is 16.3. The van der Waals surface area contributed by atoms with Crippen molar-refractivity contribution < 1.29 is 39.0 Å². The van der Waals surface area contributed by atoms with Crippen LogP contribution in [0.3, 0.4) is 0 Å². The summed E-state index contributed by atoms with van der Waals surface area (Å²) in [5.41, 5.74) is 4.96. The first-order chi connectivity index (χ1) is 14.1. The standard InChI is InChI=1S/C17H27N5O8/c18-12(23)5-3-11(17(29)30)21-13(24)8-20-15(27)10(4-6-14(25)26)22-16(28)9-2-1-7-19-9/h9-11,19H,1-8H2,(H2,18,23)(H,20,27)(H,21,24)(H,22,28)(H,25,26)(H,29,30). The second-order valence-electron chi connectivity index (χ2n) is 6.82. The maximum atomic E-state index is 12.3. The van der Waals surface area contributed by atoms with Crippen LogP contribution in [0.5, 0.6) is 0 Å². The molecule has 0 aliphatic carbocycles. The quantitative estimate of drug-likeness (QED) is 0.159. The van der Waals surface area contributed by atoms with Gasteiger partial charge in [-0.25, -0.2) is 4.79 Å². The lowest BCUT2D eigenvalue weighted by molar-refractivity contribution is -0.142. The van der Waals surface area contributed by atoms with Gasteiger partial charge < -0.3 is 37.2 Å². The van der Waals surface area contributed by atoms with Gasteiger partial charge in [0.15, 0.2) is 0 Å². The fraction of sp³-hybridized carbons (Fsp3) is 0.647. The molecular weight excluding hydrogens is 402 g/mol. The fourth-order valence-electron chi connectivity index (χ4n) is 2.80. The average Bonchev–Trinajstić information content (AvgIpc) is 3.20. The number of hydrogen-bond donors (Lipinski definition) is 7. The number of nitrogens with two attached hydrogens (primary N) is 1. The van der Waals surface area contributed by atoms with Gasteiger partial charge in [0.1, 0.15) is 12.1 Å². The van der Waals surface area contributed by atoms with Crippen molar-refractivity contribution in [2.75, 3.05) is 13.1 Å². The van der Waals surface area contributed by atoms with Crippen LogP contribution < -0.4 is 27.0 Å². The minimum Gasteiger partial charge on any atom is -0.481 e. The molecule has 1 saturated heterocycles. The van der Waals surface area contributed by atoms with Gasteiger partial charge in [-0.05, 0) is 32.2 Å². The van der Waals surface area contributed by atoms with Crippen molar-refractivity contribution in [3.63, 3.8) is 0 Å². The van der Waals surface area contributed by atoms with E-state index < -0.39 is 60.2 Å². The third kappa shape index (κ3) is 9.32. The average molecular weight is 429 g/mol. The topological polar surface area (TPSA) is 217 Å². The third-order valence-electron chi connectivity index (χ3n) is 4.39. The highest BCUT2D eigenvalue weighted by atomic mass is 16.4. The predicted octanol–water partition coefficient (Wildman–Crippen LogP) is -2.96. The van der Waals surface area contributed by atoms with Gasteiger partial charge in [-0.15, -0.1) is 0 Å². The molecule has 168 valence electrons. The Labute approximate surface area is 172 Å². The van der Waals surface area contributed by atoms with Crippen LogP contribution in [-0.4, -0.2) is 77.0 Å². The van der Waals surface area contributed by atoms with Gasteiger partial charge in [-0.3, -0.25) is 24.0 Å². The molecule has 13 nitrogen and oxygen atoms in total. The van der Waals surface area contributed by atoms with Crippen molar-refractivity contribution in [1.82, 2.24) is 21.3 Å². The number of carbonyl (C=O) groups excluding carboxylic acids is 4. The first kappa shape index (κ1) is 24.8. The van der Waals surface area contributed by atoms with Gasteiger partial charge in [-0.1, -0.05) is 0 Å². The Bertz CT molecular complexity index is 677. The highest BCUT2D eigenvalue weighted by molar-refractivity contribution is 5.93. The Morgan fingerprint density at radius 1 is 1.00 bits per heavy atom. The van der Waals surface area contributed by atoms with Crippen molar-refractivity contribution in [3.05, 3.63) is 0 Å². The summed E-state index contributed by atoms with van der Waals surface area (Å²) in [7, 11) is 0. The molecule has 0 aromatic heterocycles. The van der Waals surface area contributed by atoms with E-state index >= 15 is 0 Å². The van der Waals surface area contributed by atoms with Crippen molar-refractivity contribution in [3.8, 4) is 0 Å². The van der Waals surface area contributed by atoms with Crippen LogP contribution in [-0.2, 0) is 28.8 Å². The number of nitrogens with one attached hydrogen (secondary N) is 4.